The van der Waals surface area contributed by atoms with Gasteiger partial charge >= 0.3 is 6.09 Å². The van der Waals surface area contributed by atoms with Crippen molar-refractivity contribution < 1.29 is 9.53 Å². The summed E-state index contributed by atoms with van der Waals surface area (Å²) in [5.41, 5.74) is -0.408. The van der Waals surface area contributed by atoms with Crippen LogP contribution in [0, 0.1) is 0 Å². The minimum atomic E-state index is -0.408. The summed E-state index contributed by atoms with van der Waals surface area (Å²) in [5, 5.41) is 3.36. The molecule has 0 aromatic rings. The summed E-state index contributed by atoms with van der Waals surface area (Å²) in [6, 6.07) is 0.433. The molecule has 1 atom stereocenters. The molecule has 0 spiro atoms. The molecule has 1 saturated heterocycles. The van der Waals surface area contributed by atoms with E-state index >= 15 is 0 Å². The first kappa shape index (κ1) is 12.3. The van der Waals surface area contributed by atoms with Gasteiger partial charge in [-0.3, -0.25) is 0 Å². The Bertz CT molecular complexity index is 217. The second-order valence-electron chi connectivity index (χ2n) is 5.15. The fourth-order valence-electron chi connectivity index (χ4n) is 1.66. The highest BCUT2D eigenvalue weighted by Gasteiger charge is 2.23. The predicted molar refractivity (Wildman–Crippen MR) is 59.9 cm³/mol. The Morgan fingerprint density at radius 1 is 1.53 bits per heavy atom. The minimum absolute atomic E-state index is 0.240. The van der Waals surface area contributed by atoms with Crippen LogP contribution in [0.3, 0.4) is 0 Å². The maximum atomic E-state index is 11.6. The lowest BCUT2D eigenvalue weighted by Gasteiger charge is -2.26. The minimum Gasteiger partial charge on any atom is -0.444 e. The molecule has 0 bridgehead atoms. The average molecular weight is 214 g/mol. The molecule has 0 aromatic heterocycles. The lowest BCUT2D eigenvalue weighted by molar-refractivity contribution is 0.0286. The van der Waals surface area contributed by atoms with E-state index in [0.717, 1.165) is 19.5 Å². The first-order valence-electron chi connectivity index (χ1n) is 5.56. The van der Waals surface area contributed by atoms with Crippen molar-refractivity contribution in [2.45, 2.75) is 45.3 Å². The SMILES string of the molecule is CN(C[C@@H]1CCCN1)C(=O)OC(C)(C)C. The van der Waals surface area contributed by atoms with Crippen LogP contribution in [0.25, 0.3) is 0 Å². The number of ether oxygens (including phenoxy) is 1. The number of carbonyl (C=O) groups excluding carboxylic acids is 1. The number of nitrogens with zero attached hydrogens (tertiary/aromatic N) is 1. The zero-order valence-corrected chi connectivity index (χ0v) is 10.2. The second-order valence-corrected chi connectivity index (χ2v) is 5.15. The molecule has 1 N–H and O–H groups in total. The molecule has 1 fully saturated rings. The number of nitrogens with one attached hydrogen (secondary N) is 1. The summed E-state index contributed by atoms with van der Waals surface area (Å²) in [6.45, 7) is 7.44. The van der Waals surface area contributed by atoms with Gasteiger partial charge in [0, 0.05) is 19.6 Å². The normalized spacial score (nSPS) is 21.5. The van der Waals surface area contributed by atoms with Crippen LogP contribution in [0.15, 0.2) is 0 Å². The Balaban J connectivity index is 2.32. The van der Waals surface area contributed by atoms with Crippen molar-refractivity contribution in [3.05, 3.63) is 0 Å². The van der Waals surface area contributed by atoms with Gasteiger partial charge in [-0.2, -0.15) is 0 Å². The van der Waals surface area contributed by atoms with E-state index in [4.69, 9.17) is 4.74 Å². The number of amides is 1. The second kappa shape index (κ2) is 4.84. The molecule has 88 valence electrons. The van der Waals surface area contributed by atoms with Crippen LogP contribution in [0.5, 0.6) is 0 Å². The van der Waals surface area contributed by atoms with E-state index in [9.17, 15) is 4.79 Å². The van der Waals surface area contributed by atoms with Gasteiger partial charge in [0.25, 0.3) is 0 Å². The zero-order chi connectivity index (χ0) is 11.5. The molecule has 0 saturated carbocycles. The van der Waals surface area contributed by atoms with Gasteiger partial charge < -0.3 is 15.0 Å². The molecule has 15 heavy (non-hydrogen) atoms. The van der Waals surface area contributed by atoms with Gasteiger partial charge in [-0.25, -0.2) is 4.79 Å². The van der Waals surface area contributed by atoms with Crippen LogP contribution < -0.4 is 5.32 Å². The lowest BCUT2D eigenvalue weighted by Crippen LogP contribution is -2.41. The van der Waals surface area contributed by atoms with Crippen molar-refractivity contribution in [2.24, 2.45) is 0 Å². The highest BCUT2D eigenvalue weighted by Crippen LogP contribution is 2.11. The standard InChI is InChI=1S/C11H22N2O2/c1-11(2,3)15-10(14)13(4)8-9-6-5-7-12-9/h9,12H,5-8H2,1-4H3/t9-/m0/s1. The highest BCUT2D eigenvalue weighted by atomic mass is 16.6. The molecule has 0 radical (unpaired) electrons. The van der Waals surface area contributed by atoms with E-state index in [0.29, 0.717) is 6.04 Å². The van der Waals surface area contributed by atoms with Crippen molar-refractivity contribution in [2.75, 3.05) is 20.1 Å². The summed E-state index contributed by atoms with van der Waals surface area (Å²) in [7, 11) is 1.79. The average Bonchev–Trinajstić information content (AvgIpc) is 2.53. The quantitative estimate of drug-likeness (QED) is 0.759. The zero-order valence-electron chi connectivity index (χ0n) is 10.2. The third-order valence-electron chi connectivity index (χ3n) is 2.36. The third kappa shape index (κ3) is 4.51. The molecule has 4 nitrogen and oxygen atoms in total. The highest BCUT2D eigenvalue weighted by molar-refractivity contribution is 5.67. The third-order valence-corrected chi connectivity index (χ3v) is 2.36. The van der Waals surface area contributed by atoms with Crippen molar-refractivity contribution in [1.29, 1.82) is 0 Å². The summed E-state index contributed by atoms with van der Waals surface area (Å²) in [4.78, 5) is 13.3. The summed E-state index contributed by atoms with van der Waals surface area (Å²) >= 11 is 0. The van der Waals surface area contributed by atoms with Gasteiger partial charge in [-0.15, -0.1) is 0 Å². The maximum Gasteiger partial charge on any atom is 0.410 e. The Morgan fingerprint density at radius 3 is 2.67 bits per heavy atom. The maximum absolute atomic E-state index is 11.6. The summed E-state index contributed by atoms with van der Waals surface area (Å²) in [5.74, 6) is 0. The fraction of sp³-hybridized carbons (Fsp3) is 0.909. The molecule has 1 rings (SSSR count). The molecule has 1 aliphatic heterocycles. The lowest BCUT2D eigenvalue weighted by atomic mass is 10.2. The van der Waals surface area contributed by atoms with Crippen molar-refractivity contribution >= 4 is 6.09 Å². The van der Waals surface area contributed by atoms with Gasteiger partial charge in [0.1, 0.15) is 5.60 Å². The van der Waals surface area contributed by atoms with Crippen molar-refractivity contribution in [3.8, 4) is 0 Å². The van der Waals surface area contributed by atoms with Gasteiger partial charge in [-0.1, -0.05) is 0 Å². The summed E-state index contributed by atoms with van der Waals surface area (Å²) in [6.07, 6.45) is 2.11. The Kier molecular flexibility index (Phi) is 3.97. The van der Waals surface area contributed by atoms with E-state index in [1.807, 2.05) is 20.8 Å². The first-order valence-corrected chi connectivity index (χ1v) is 5.56. The fourth-order valence-corrected chi connectivity index (χ4v) is 1.66. The first-order chi connectivity index (χ1) is 6.88. The van der Waals surface area contributed by atoms with E-state index in [1.54, 1.807) is 11.9 Å². The molecule has 0 aliphatic carbocycles. The molecular weight excluding hydrogens is 192 g/mol. The van der Waals surface area contributed by atoms with Gasteiger partial charge in [-0.05, 0) is 40.2 Å². The van der Waals surface area contributed by atoms with E-state index in [2.05, 4.69) is 5.32 Å². The topological polar surface area (TPSA) is 41.6 Å². The van der Waals surface area contributed by atoms with Crippen LogP contribution >= 0.6 is 0 Å². The molecular formula is C11H22N2O2. The van der Waals surface area contributed by atoms with Crippen molar-refractivity contribution in [1.82, 2.24) is 10.2 Å². The van der Waals surface area contributed by atoms with E-state index < -0.39 is 5.60 Å². The predicted octanol–water partition coefficient (Wildman–Crippen LogP) is 1.61. The van der Waals surface area contributed by atoms with Crippen LogP contribution in [0.1, 0.15) is 33.6 Å². The molecule has 1 aliphatic rings. The van der Waals surface area contributed by atoms with Crippen LogP contribution in [-0.2, 0) is 4.74 Å². The molecule has 1 amide bonds. The summed E-state index contributed by atoms with van der Waals surface area (Å²) < 4.78 is 5.27. The van der Waals surface area contributed by atoms with E-state index in [1.165, 1.54) is 6.42 Å². The van der Waals surface area contributed by atoms with Gasteiger partial charge in [0.05, 0.1) is 0 Å². The number of likely N-dealkylation sites (N-methyl/N-ethyl adjacent to an activating group) is 1. The Hall–Kier alpha value is -0.770. The van der Waals surface area contributed by atoms with E-state index in [-0.39, 0.29) is 6.09 Å². The molecule has 1 heterocycles. The Morgan fingerprint density at radius 2 is 2.20 bits per heavy atom. The van der Waals surface area contributed by atoms with Crippen LogP contribution in [-0.4, -0.2) is 42.8 Å². The number of carbonyl (C=O) groups is 1. The van der Waals surface area contributed by atoms with Crippen LogP contribution in [0.4, 0.5) is 4.79 Å². The number of hydrogen-bond acceptors (Lipinski definition) is 3. The van der Waals surface area contributed by atoms with Gasteiger partial charge in [0.15, 0.2) is 0 Å². The van der Waals surface area contributed by atoms with Gasteiger partial charge in [0.2, 0.25) is 0 Å². The van der Waals surface area contributed by atoms with Crippen LogP contribution in [0.2, 0.25) is 0 Å². The largest absolute Gasteiger partial charge is 0.444 e. The molecule has 4 heteroatoms. The monoisotopic (exact) mass is 214 g/mol. The molecule has 0 unspecified atom stereocenters. The number of hydrogen-bond donors (Lipinski definition) is 1. The Labute approximate surface area is 92.0 Å². The molecule has 0 aromatic carbocycles. The number of rotatable bonds is 2. The smallest absolute Gasteiger partial charge is 0.410 e. The van der Waals surface area contributed by atoms with Crippen molar-refractivity contribution in [3.63, 3.8) is 0 Å².